The Morgan fingerprint density at radius 1 is 1.38 bits per heavy atom. The number of nitrogens with one attached hydrogen (secondary N) is 1. The molecule has 0 aliphatic carbocycles. The minimum absolute atomic E-state index is 0.0700. The smallest absolute Gasteiger partial charge is 0.336 e. The molecular formula is C15H10BrFN2O2. The van der Waals surface area contributed by atoms with Crippen LogP contribution in [-0.4, -0.2) is 11.1 Å². The molecule has 2 aromatic rings. The van der Waals surface area contributed by atoms with Crippen LogP contribution in [0.15, 0.2) is 34.8 Å². The highest BCUT2D eigenvalue weighted by atomic mass is 79.9. The Bertz CT molecular complexity index is 769. The molecule has 0 heterocycles. The number of halogens is 2. The van der Waals surface area contributed by atoms with E-state index >= 15 is 0 Å². The fourth-order valence-electron chi connectivity index (χ4n) is 1.82. The Labute approximate surface area is 129 Å². The van der Waals surface area contributed by atoms with Crippen LogP contribution >= 0.6 is 15.9 Å². The maximum atomic E-state index is 14.1. The maximum absolute atomic E-state index is 14.1. The van der Waals surface area contributed by atoms with Crippen LogP contribution in [0.1, 0.15) is 21.5 Å². The van der Waals surface area contributed by atoms with Crippen LogP contribution in [0.2, 0.25) is 0 Å². The van der Waals surface area contributed by atoms with E-state index in [1.807, 2.05) is 6.07 Å². The van der Waals surface area contributed by atoms with Gasteiger partial charge < -0.3 is 10.4 Å². The van der Waals surface area contributed by atoms with Crippen molar-refractivity contribution in [1.82, 2.24) is 0 Å². The van der Waals surface area contributed by atoms with Gasteiger partial charge in [-0.2, -0.15) is 5.26 Å². The molecule has 0 saturated carbocycles. The van der Waals surface area contributed by atoms with Crippen LogP contribution in [0.5, 0.6) is 0 Å². The molecule has 0 radical (unpaired) electrons. The number of nitriles is 1. The number of hydrogen-bond acceptors (Lipinski definition) is 3. The van der Waals surface area contributed by atoms with Gasteiger partial charge in [0.1, 0.15) is 6.07 Å². The highest BCUT2D eigenvalue weighted by molar-refractivity contribution is 9.10. The summed E-state index contributed by atoms with van der Waals surface area (Å²) in [5.74, 6) is -1.65. The third kappa shape index (κ3) is 3.03. The second-order valence-electron chi connectivity index (χ2n) is 4.36. The van der Waals surface area contributed by atoms with Crippen molar-refractivity contribution in [2.24, 2.45) is 0 Å². The van der Waals surface area contributed by atoms with E-state index in [-0.39, 0.29) is 21.3 Å². The van der Waals surface area contributed by atoms with E-state index < -0.39 is 11.8 Å². The zero-order chi connectivity index (χ0) is 15.6. The summed E-state index contributed by atoms with van der Waals surface area (Å²) in [6.07, 6.45) is 0. The lowest BCUT2D eigenvalue weighted by Gasteiger charge is -2.11. The van der Waals surface area contributed by atoms with Gasteiger partial charge in [0, 0.05) is 5.69 Å². The molecule has 2 N–H and O–H groups in total. The van der Waals surface area contributed by atoms with E-state index in [2.05, 4.69) is 21.2 Å². The van der Waals surface area contributed by atoms with E-state index in [1.54, 1.807) is 19.1 Å². The van der Waals surface area contributed by atoms with Crippen molar-refractivity contribution in [2.45, 2.75) is 6.92 Å². The Balaban J connectivity index is 2.40. The third-order valence-electron chi connectivity index (χ3n) is 2.95. The first-order valence-corrected chi connectivity index (χ1v) is 6.72. The molecule has 4 nitrogen and oxygen atoms in total. The molecule has 0 amide bonds. The average molecular weight is 349 g/mol. The predicted molar refractivity (Wildman–Crippen MR) is 80.2 cm³/mol. The summed E-state index contributed by atoms with van der Waals surface area (Å²) in [5.41, 5.74) is 1.56. The summed E-state index contributed by atoms with van der Waals surface area (Å²) in [6.45, 7) is 1.69. The van der Waals surface area contributed by atoms with E-state index in [1.165, 1.54) is 18.2 Å². The summed E-state index contributed by atoms with van der Waals surface area (Å²) in [7, 11) is 0. The molecule has 0 unspecified atom stereocenters. The summed E-state index contributed by atoms with van der Waals surface area (Å²) >= 11 is 3.02. The molecule has 0 aromatic heterocycles. The lowest BCUT2D eigenvalue weighted by molar-refractivity contribution is 0.0696. The van der Waals surface area contributed by atoms with E-state index in [0.717, 1.165) is 0 Å². The molecule has 0 saturated heterocycles. The third-order valence-corrected chi connectivity index (χ3v) is 3.73. The van der Waals surface area contributed by atoms with E-state index in [4.69, 9.17) is 10.4 Å². The molecular weight excluding hydrogens is 339 g/mol. The van der Waals surface area contributed by atoms with Crippen molar-refractivity contribution in [3.63, 3.8) is 0 Å². The first-order chi connectivity index (χ1) is 9.93. The number of aromatic carboxylic acids is 1. The Morgan fingerprint density at radius 3 is 2.71 bits per heavy atom. The van der Waals surface area contributed by atoms with Crippen molar-refractivity contribution in [3.8, 4) is 6.07 Å². The number of carboxylic acids is 1. The standard InChI is InChI=1S/C15H10BrFN2O2/c1-8-2-4-10(6-11(8)15(20)21)19-12-5-3-9(7-18)13(16)14(12)17/h2-6,19H,1H3,(H,20,21). The van der Waals surface area contributed by atoms with Gasteiger partial charge in [-0.3, -0.25) is 0 Å². The predicted octanol–water partition coefficient (Wildman–Crippen LogP) is 4.21. The molecule has 6 heteroatoms. The first-order valence-electron chi connectivity index (χ1n) is 5.93. The summed E-state index contributed by atoms with van der Waals surface area (Å²) in [5, 5.41) is 20.7. The zero-order valence-electron chi connectivity index (χ0n) is 10.9. The lowest BCUT2D eigenvalue weighted by Crippen LogP contribution is -2.02. The molecule has 0 bridgehead atoms. The topological polar surface area (TPSA) is 73.1 Å². The van der Waals surface area contributed by atoms with Crippen LogP contribution in [0, 0.1) is 24.1 Å². The van der Waals surface area contributed by atoms with Gasteiger partial charge in [-0.1, -0.05) is 6.07 Å². The number of rotatable bonds is 3. The molecule has 0 fully saturated rings. The minimum Gasteiger partial charge on any atom is -0.478 e. The van der Waals surface area contributed by atoms with Gasteiger partial charge in [-0.15, -0.1) is 0 Å². The number of anilines is 2. The highest BCUT2D eigenvalue weighted by Crippen LogP contribution is 2.29. The second-order valence-corrected chi connectivity index (χ2v) is 5.15. The summed E-state index contributed by atoms with van der Waals surface area (Å²) in [6, 6.07) is 9.50. The average Bonchev–Trinajstić information content (AvgIpc) is 2.46. The van der Waals surface area contributed by atoms with Crippen molar-refractivity contribution in [3.05, 3.63) is 57.3 Å². The Kier molecular flexibility index (Phi) is 4.24. The summed E-state index contributed by atoms with van der Waals surface area (Å²) in [4.78, 5) is 11.1. The first kappa shape index (κ1) is 15.0. The number of aryl methyl sites for hydroxylation is 1. The quantitative estimate of drug-likeness (QED) is 0.871. The number of carbonyl (C=O) groups is 1. The molecule has 0 aliphatic heterocycles. The van der Waals surface area contributed by atoms with Crippen LogP contribution in [-0.2, 0) is 0 Å². The van der Waals surface area contributed by atoms with Gasteiger partial charge in [-0.25, -0.2) is 9.18 Å². The van der Waals surface area contributed by atoms with Crippen LogP contribution in [0.25, 0.3) is 0 Å². The van der Waals surface area contributed by atoms with E-state index in [0.29, 0.717) is 11.3 Å². The van der Waals surface area contributed by atoms with Crippen LogP contribution < -0.4 is 5.32 Å². The molecule has 0 atom stereocenters. The maximum Gasteiger partial charge on any atom is 0.336 e. The highest BCUT2D eigenvalue weighted by Gasteiger charge is 2.13. The van der Waals surface area contributed by atoms with Crippen LogP contribution in [0.3, 0.4) is 0 Å². The lowest BCUT2D eigenvalue weighted by atomic mass is 10.1. The van der Waals surface area contributed by atoms with Crippen molar-refractivity contribution in [2.75, 3.05) is 5.32 Å². The molecule has 0 spiro atoms. The normalized spacial score (nSPS) is 10.0. The van der Waals surface area contributed by atoms with Gasteiger partial charge >= 0.3 is 5.97 Å². The van der Waals surface area contributed by atoms with Gasteiger partial charge in [0.2, 0.25) is 0 Å². The van der Waals surface area contributed by atoms with Gasteiger partial charge in [0.15, 0.2) is 5.82 Å². The largest absolute Gasteiger partial charge is 0.478 e. The summed E-state index contributed by atoms with van der Waals surface area (Å²) < 4.78 is 14.2. The SMILES string of the molecule is Cc1ccc(Nc2ccc(C#N)c(Br)c2F)cc1C(=O)O. The van der Waals surface area contributed by atoms with Crippen molar-refractivity contribution in [1.29, 1.82) is 5.26 Å². The number of carboxylic acid groups (broad SMARTS) is 1. The fraction of sp³-hybridized carbons (Fsp3) is 0.0667. The van der Waals surface area contributed by atoms with Crippen molar-refractivity contribution < 1.29 is 14.3 Å². The Morgan fingerprint density at radius 2 is 2.10 bits per heavy atom. The molecule has 106 valence electrons. The van der Waals surface area contributed by atoms with Crippen molar-refractivity contribution >= 4 is 33.3 Å². The van der Waals surface area contributed by atoms with E-state index in [9.17, 15) is 9.18 Å². The number of hydrogen-bond donors (Lipinski definition) is 2. The number of nitrogens with zero attached hydrogens (tertiary/aromatic N) is 1. The van der Waals surface area contributed by atoms with Gasteiger partial charge in [0.05, 0.1) is 21.3 Å². The molecule has 0 aliphatic rings. The molecule has 21 heavy (non-hydrogen) atoms. The van der Waals surface area contributed by atoms with Gasteiger partial charge in [0.25, 0.3) is 0 Å². The molecule has 2 rings (SSSR count). The minimum atomic E-state index is -1.04. The monoisotopic (exact) mass is 348 g/mol. The Hall–Kier alpha value is -2.39. The molecule has 2 aromatic carbocycles. The number of benzene rings is 2. The van der Waals surface area contributed by atoms with Gasteiger partial charge in [-0.05, 0) is 52.7 Å². The zero-order valence-corrected chi connectivity index (χ0v) is 12.5. The fourth-order valence-corrected chi connectivity index (χ4v) is 2.25. The second kappa shape index (κ2) is 5.94. The van der Waals surface area contributed by atoms with Crippen LogP contribution in [0.4, 0.5) is 15.8 Å².